The lowest BCUT2D eigenvalue weighted by molar-refractivity contribution is -0.385. The number of nitro groups is 1. The molecule has 184 valence electrons. The lowest BCUT2D eigenvalue weighted by Crippen LogP contribution is -2.45. The molecule has 14 heteroatoms. The fraction of sp³-hybridized carbons (Fsp3) is 0.526. The second-order valence-electron chi connectivity index (χ2n) is 7.98. The Labute approximate surface area is 190 Å². The van der Waals surface area contributed by atoms with Crippen LogP contribution >= 0.6 is 0 Å². The molecular formula is C19H26N2O11S. The van der Waals surface area contributed by atoms with E-state index in [1.165, 1.54) is 6.07 Å². The summed E-state index contributed by atoms with van der Waals surface area (Å²) in [6, 6.07) is 2.69. The van der Waals surface area contributed by atoms with Crippen LogP contribution in [-0.4, -0.2) is 59.8 Å². The maximum Gasteiger partial charge on any atom is 0.408 e. The first-order valence-electron chi connectivity index (χ1n) is 9.71. The summed E-state index contributed by atoms with van der Waals surface area (Å²) in [5.41, 5.74) is -1.33. The van der Waals surface area contributed by atoms with E-state index in [1.54, 1.807) is 20.8 Å². The highest BCUT2D eigenvalue weighted by Crippen LogP contribution is 2.20. The molecule has 0 bridgehead atoms. The second-order valence-corrected chi connectivity index (χ2v) is 9.60. The van der Waals surface area contributed by atoms with Crippen LogP contribution in [0.1, 0.15) is 40.0 Å². The number of aliphatic carboxylic acids is 2. The number of nitrogens with zero attached hydrogens (tertiary/aromatic N) is 1. The Morgan fingerprint density at radius 1 is 1.18 bits per heavy atom. The maximum atomic E-state index is 12.2. The first-order chi connectivity index (χ1) is 15.1. The van der Waals surface area contributed by atoms with E-state index in [1.807, 2.05) is 0 Å². The predicted molar refractivity (Wildman–Crippen MR) is 112 cm³/mol. The van der Waals surface area contributed by atoms with Gasteiger partial charge >= 0.3 is 18.0 Å². The molecule has 1 aromatic rings. The zero-order chi connectivity index (χ0) is 25.4. The van der Waals surface area contributed by atoms with Crippen LogP contribution in [0.3, 0.4) is 0 Å². The Morgan fingerprint density at radius 3 is 2.33 bits per heavy atom. The van der Waals surface area contributed by atoms with Crippen molar-refractivity contribution in [1.82, 2.24) is 5.32 Å². The normalized spacial score (nSPS) is 13.5. The molecule has 0 saturated heterocycles. The topological polar surface area (TPSA) is 199 Å². The number of nitrogens with one attached hydrogen (secondary N) is 1. The molecule has 1 amide bonds. The van der Waals surface area contributed by atoms with Crippen molar-refractivity contribution in [2.45, 2.75) is 56.6 Å². The van der Waals surface area contributed by atoms with Gasteiger partial charge in [0.1, 0.15) is 16.5 Å². The van der Waals surface area contributed by atoms with E-state index in [0.717, 1.165) is 18.2 Å². The molecule has 0 saturated carbocycles. The molecule has 1 rings (SSSR count). The molecule has 0 aliphatic rings. The molecule has 0 spiro atoms. The number of carbonyl (C=O) groups excluding carboxylic acids is 1. The molecule has 0 aromatic heterocycles. The van der Waals surface area contributed by atoms with Crippen LogP contribution in [0, 0.1) is 16.0 Å². The van der Waals surface area contributed by atoms with Gasteiger partial charge in [-0.15, -0.1) is 0 Å². The first-order valence-corrected chi connectivity index (χ1v) is 11.1. The minimum absolute atomic E-state index is 0.0795. The highest BCUT2D eigenvalue weighted by atomic mass is 32.2. The highest BCUT2D eigenvalue weighted by Gasteiger charge is 2.30. The number of benzene rings is 1. The molecular weight excluding hydrogens is 464 g/mol. The third-order valence-electron chi connectivity index (χ3n) is 4.11. The van der Waals surface area contributed by atoms with Gasteiger partial charge in [-0.2, -0.15) is 8.42 Å². The highest BCUT2D eigenvalue weighted by molar-refractivity contribution is 7.86. The molecule has 0 aliphatic carbocycles. The van der Waals surface area contributed by atoms with Gasteiger partial charge in [0, 0.05) is 12.1 Å². The number of rotatable bonds is 12. The number of carboxylic acids is 2. The van der Waals surface area contributed by atoms with Crippen molar-refractivity contribution in [2.24, 2.45) is 5.92 Å². The fourth-order valence-corrected chi connectivity index (χ4v) is 3.60. The Kier molecular flexibility index (Phi) is 9.73. The first kappa shape index (κ1) is 27.8. The smallest absolute Gasteiger partial charge is 0.408 e. The SMILES string of the molecule is CC(C)(C)OC(=O)N[C@@H](C[C@H](CCCOS(=O)(=O)c1cccc([N+](=O)[O-])c1)C(=O)O)C(=O)O. The van der Waals surface area contributed by atoms with E-state index >= 15 is 0 Å². The lowest BCUT2D eigenvalue weighted by atomic mass is 9.95. The molecule has 1 aromatic carbocycles. The van der Waals surface area contributed by atoms with E-state index in [9.17, 15) is 43.1 Å². The van der Waals surface area contributed by atoms with Crippen molar-refractivity contribution in [3.8, 4) is 0 Å². The van der Waals surface area contributed by atoms with E-state index in [0.29, 0.717) is 0 Å². The standard InChI is InChI=1S/C19H26N2O11S/c1-19(2,3)32-18(26)20-15(17(24)25)10-12(16(22)23)6-5-9-31-33(29,30)14-8-4-7-13(11-14)21(27)28/h4,7-8,11-12,15H,5-6,9-10H2,1-3H3,(H,20,26)(H,22,23)(H,24,25)/t12-,15-/m0/s1. The minimum Gasteiger partial charge on any atom is -0.481 e. The minimum atomic E-state index is -4.32. The van der Waals surface area contributed by atoms with Crippen molar-refractivity contribution < 1.29 is 46.9 Å². The van der Waals surface area contributed by atoms with Gasteiger partial charge in [0.2, 0.25) is 0 Å². The van der Waals surface area contributed by atoms with E-state index < -0.39 is 74.2 Å². The van der Waals surface area contributed by atoms with Crippen molar-refractivity contribution in [3.63, 3.8) is 0 Å². The summed E-state index contributed by atoms with van der Waals surface area (Å²) in [7, 11) is -4.32. The number of amides is 1. The van der Waals surface area contributed by atoms with Crippen molar-refractivity contribution in [1.29, 1.82) is 0 Å². The van der Waals surface area contributed by atoms with Crippen LogP contribution in [0.5, 0.6) is 0 Å². The van der Waals surface area contributed by atoms with Gasteiger partial charge in [-0.05, 0) is 46.1 Å². The van der Waals surface area contributed by atoms with E-state index in [-0.39, 0.29) is 12.8 Å². The van der Waals surface area contributed by atoms with Crippen molar-refractivity contribution in [2.75, 3.05) is 6.61 Å². The van der Waals surface area contributed by atoms with Gasteiger partial charge < -0.3 is 20.3 Å². The number of nitro benzene ring substituents is 1. The largest absolute Gasteiger partial charge is 0.481 e. The third-order valence-corrected chi connectivity index (χ3v) is 5.42. The number of carbonyl (C=O) groups is 3. The molecule has 13 nitrogen and oxygen atoms in total. The van der Waals surface area contributed by atoms with Crippen LogP contribution in [0.15, 0.2) is 29.2 Å². The lowest BCUT2D eigenvalue weighted by Gasteiger charge is -2.23. The number of ether oxygens (including phenoxy) is 1. The zero-order valence-corrected chi connectivity index (χ0v) is 19.0. The summed E-state index contributed by atoms with van der Waals surface area (Å²) in [6.45, 7) is 4.28. The molecule has 2 atom stereocenters. The number of hydrogen-bond acceptors (Lipinski definition) is 9. The zero-order valence-electron chi connectivity index (χ0n) is 18.2. The van der Waals surface area contributed by atoms with Gasteiger partial charge in [-0.1, -0.05) is 6.07 Å². The number of carboxylic acid groups (broad SMARTS) is 2. The van der Waals surface area contributed by atoms with Crippen LogP contribution in [0.25, 0.3) is 0 Å². The molecule has 0 radical (unpaired) electrons. The van der Waals surface area contributed by atoms with Gasteiger partial charge in [0.05, 0.1) is 17.4 Å². The quantitative estimate of drug-likeness (QED) is 0.168. The summed E-state index contributed by atoms with van der Waals surface area (Å²) in [6.07, 6.45) is -1.73. The van der Waals surface area contributed by atoms with Crippen molar-refractivity contribution >= 4 is 33.8 Å². The molecule has 33 heavy (non-hydrogen) atoms. The summed E-state index contributed by atoms with van der Waals surface area (Å²) < 4.78 is 34.2. The Balaban J connectivity index is 2.71. The Morgan fingerprint density at radius 2 is 1.82 bits per heavy atom. The average Bonchev–Trinajstić information content (AvgIpc) is 2.67. The summed E-state index contributed by atoms with van der Waals surface area (Å²) >= 11 is 0. The number of alkyl carbamates (subject to hydrolysis) is 1. The Hall–Kier alpha value is -3.26. The number of non-ortho nitro benzene ring substituents is 1. The van der Waals surface area contributed by atoms with Crippen LogP contribution < -0.4 is 5.32 Å². The van der Waals surface area contributed by atoms with Gasteiger partial charge in [-0.3, -0.25) is 19.1 Å². The van der Waals surface area contributed by atoms with Crippen LogP contribution in [0.4, 0.5) is 10.5 Å². The summed E-state index contributed by atoms with van der Waals surface area (Å²) in [4.78, 5) is 44.4. The molecule has 0 fully saturated rings. The molecule has 0 heterocycles. The van der Waals surface area contributed by atoms with Crippen LogP contribution in [-0.2, 0) is 28.6 Å². The second kappa shape index (κ2) is 11.6. The monoisotopic (exact) mass is 490 g/mol. The fourth-order valence-electron chi connectivity index (χ4n) is 2.62. The van der Waals surface area contributed by atoms with Gasteiger partial charge in [-0.25, -0.2) is 9.59 Å². The molecule has 0 unspecified atom stereocenters. The average molecular weight is 490 g/mol. The van der Waals surface area contributed by atoms with E-state index in [2.05, 4.69) is 5.32 Å². The van der Waals surface area contributed by atoms with Crippen LogP contribution in [0.2, 0.25) is 0 Å². The van der Waals surface area contributed by atoms with E-state index in [4.69, 9.17) is 8.92 Å². The molecule has 3 N–H and O–H groups in total. The number of hydrogen-bond donors (Lipinski definition) is 3. The summed E-state index contributed by atoms with van der Waals surface area (Å²) in [5, 5.41) is 31.6. The predicted octanol–water partition coefficient (Wildman–Crippen LogP) is 2.15. The molecule has 0 aliphatic heterocycles. The van der Waals surface area contributed by atoms with Gasteiger partial charge in [0.25, 0.3) is 15.8 Å². The Bertz CT molecular complexity index is 986. The summed E-state index contributed by atoms with van der Waals surface area (Å²) in [5.74, 6) is -4.03. The van der Waals surface area contributed by atoms with Crippen molar-refractivity contribution in [3.05, 3.63) is 34.4 Å². The maximum absolute atomic E-state index is 12.2. The third kappa shape index (κ3) is 9.82. The van der Waals surface area contributed by atoms with Gasteiger partial charge in [0.15, 0.2) is 0 Å².